The van der Waals surface area contributed by atoms with Crippen molar-refractivity contribution in [3.63, 3.8) is 0 Å². The minimum Gasteiger partial charge on any atom is -0.312 e. The second kappa shape index (κ2) is 5.84. The zero-order valence-corrected chi connectivity index (χ0v) is 9.81. The number of hydrogen-bond donors (Lipinski definition) is 0. The number of nitriles is 2. The first-order valence-electron chi connectivity index (χ1n) is 4.33. The van der Waals surface area contributed by atoms with E-state index in [1.54, 1.807) is 12.1 Å². The highest BCUT2D eigenvalue weighted by Gasteiger charge is 2.15. The van der Waals surface area contributed by atoms with E-state index in [4.69, 9.17) is 10.5 Å². The van der Waals surface area contributed by atoms with Crippen molar-refractivity contribution in [1.82, 2.24) is 9.88 Å². The van der Waals surface area contributed by atoms with Gasteiger partial charge in [0.15, 0.2) is 0 Å². The first-order chi connectivity index (χ1) is 7.69. The summed E-state index contributed by atoms with van der Waals surface area (Å²) in [6.45, 7) is -0.217. The van der Waals surface area contributed by atoms with Crippen LogP contribution in [0, 0.1) is 22.7 Å². The molecule has 0 spiro atoms. The Bertz CT molecular complexity index is 441. The molecular weight excluding hydrogens is 272 g/mol. The Kier molecular flexibility index (Phi) is 4.43. The van der Waals surface area contributed by atoms with Gasteiger partial charge in [0.1, 0.15) is 17.7 Å². The summed E-state index contributed by atoms with van der Waals surface area (Å²) in [5.74, 6) is -0.372. The number of carbonyl (C=O) groups excluding carboxylic acids is 1. The largest absolute Gasteiger partial charge is 0.312 e. The highest BCUT2D eigenvalue weighted by Crippen LogP contribution is 2.08. The van der Waals surface area contributed by atoms with Gasteiger partial charge in [0.05, 0.1) is 17.7 Å². The molecule has 0 saturated carbocycles. The molecule has 6 heteroatoms. The molecule has 80 valence electrons. The minimum atomic E-state index is -0.372. The predicted molar refractivity (Wildman–Crippen MR) is 59.1 cm³/mol. The molecular formula is C10H7BrN4O. The van der Waals surface area contributed by atoms with Crippen molar-refractivity contribution in [2.24, 2.45) is 0 Å². The lowest BCUT2D eigenvalue weighted by atomic mass is 10.2. The topological polar surface area (TPSA) is 80.8 Å². The molecule has 0 bridgehead atoms. The van der Waals surface area contributed by atoms with Crippen LogP contribution in [0.15, 0.2) is 22.9 Å². The molecule has 1 heterocycles. The van der Waals surface area contributed by atoms with E-state index >= 15 is 0 Å². The highest BCUT2D eigenvalue weighted by atomic mass is 79.9. The Hall–Kier alpha value is -1.92. The first kappa shape index (κ1) is 12.2. The molecule has 16 heavy (non-hydrogen) atoms. The van der Waals surface area contributed by atoms with E-state index in [0.717, 1.165) is 4.90 Å². The van der Waals surface area contributed by atoms with Crippen LogP contribution in [-0.2, 0) is 0 Å². The van der Waals surface area contributed by atoms with E-state index in [1.807, 2.05) is 12.1 Å². The number of pyridine rings is 1. The number of rotatable bonds is 3. The smallest absolute Gasteiger partial charge is 0.257 e. The Morgan fingerprint density at radius 3 is 2.44 bits per heavy atom. The van der Waals surface area contributed by atoms with Crippen LogP contribution in [0.1, 0.15) is 10.4 Å². The summed E-state index contributed by atoms with van der Waals surface area (Å²) in [4.78, 5) is 16.9. The van der Waals surface area contributed by atoms with Gasteiger partial charge in [-0.3, -0.25) is 4.79 Å². The molecule has 0 N–H and O–H groups in total. The fraction of sp³-hybridized carbons (Fsp3) is 0.200. The molecule has 5 nitrogen and oxygen atoms in total. The van der Waals surface area contributed by atoms with Crippen molar-refractivity contribution in [2.75, 3.05) is 13.1 Å². The number of halogens is 1. The molecule has 0 aliphatic carbocycles. The zero-order chi connectivity index (χ0) is 12.0. The summed E-state index contributed by atoms with van der Waals surface area (Å²) >= 11 is 3.15. The van der Waals surface area contributed by atoms with E-state index in [9.17, 15) is 4.79 Å². The Morgan fingerprint density at radius 2 is 2.00 bits per heavy atom. The average Bonchev–Trinajstić information content (AvgIpc) is 2.29. The van der Waals surface area contributed by atoms with E-state index in [0.29, 0.717) is 10.2 Å². The molecule has 1 aromatic rings. The van der Waals surface area contributed by atoms with Gasteiger partial charge in [-0.1, -0.05) is 0 Å². The fourth-order valence-corrected chi connectivity index (χ4v) is 1.29. The quantitative estimate of drug-likeness (QED) is 0.617. The second-order valence-corrected chi connectivity index (χ2v) is 3.66. The molecule has 0 aliphatic rings. The fourth-order valence-electron chi connectivity index (χ4n) is 1.06. The number of nitrogens with zero attached hydrogens (tertiary/aromatic N) is 4. The van der Waals surface area contributed by atoms with Crippen LogP contribution in [-0.4, -0.2) is 28.9 Å². The van der Waals surface area contributed by atoms with Crippen LogP contribution >= 0.6 is 15.9 Å². The average molecular weight is 279 g/mol. The minimum absolute atomic E-state index is 0.109. The summed E-state index contributed by atoms with van der Waals surface area (Å²) in [6, 6.07) is 6.89. The molecule has 0 aromatic carbocycles. The summed E-state index contributed by atoms with van der Waals surface area (Å²) in [7, 11) is 0. The summed E-state index contributed by atoms with van der Waals surface area (Å²) in [6.07, 6.45) is 1.40. The van der Waals surface area contributed by atoms with Gasteiger partial charge in [-0.15, -0.1) is 0 Å². The molecule has 0 aliphatic heterocycles. The van der Waals surface area contributed by atoms with Gasteiger partial charge in [-0.2, -0.15) is 10.5 Å². The standard InChI is InChI=1S/C10H7BrN4O/c11-9-2-1-8(7-14-9)10(16)15(5-3-12)6-4-13/h1-2,7H,5-6H2. The lowest BCUT2D eigenvalue weighted by Gasteiger charge is -2.15. The maximum atomic E-state index is 11.8. The number of amides is 1. The summed E-state index contributed by atoms with van der Waals surface area (Å²) in [5.41, 5.74) is 0.355. The predicted octanol–water partition coefficient (Wildman–Crippen LogP) is 1.33. The van der Waals surface area contributed by atoms with Crippen molar-refractivity contribution in [3.8, 4) is 12.1 Å². The van der Waals surface area contributed by atoms with Gasteiger partial charge in [-0.25, -0.2) is 4.98 Å². The van der Waals surface area contributed by atoms with Crippen molar-refractivity contribution < 1.29 is 4.79 Å². The second-order valence-electron chi connectivity index (χ2n) is 2.85. The van der Waals surface area contributed by atoms with E-state index < -0.39 is 0 Å². The van der Waals surface area contributed by atoms with Gasteiger partial charge >= 0.3 is 0 Å². The molecule has 0 radical (unpaired) electrons. The Labute approximate surface area is 101 Å². The molecule has 1 aromatic heterocycles. The van der Waals surface area contributed by atoms with Crippen LogP contribution in [0.3, 0.4) is 0 Å². The molecule has 0 fully saturated rings. The van der Waals surface area contributed by atoms with Crippen molar-refractivity contribution in [1.29, 1.82) is 10.5 Å². The molecule has 0 saturated heterocycles. The van der Waals surface area contributed by atoms with Crippen LogP contribution in [0.2, 0.25) is 0 Å². The maximum Gasteiger partial charge on any atom is 0.257 e. The monoisotopic (exact) mass is 278 g/mol. The molecule has 0 atom stereocenters. The van der Waals surface area contributed by atoms with Gasteiger partial charge in [0, 0.05) is 6.20 Å². The van der Waals surface area contributed by atoms with Gasteiger partial charge in [0.2, 0.25) is 0 Å². The van der Waals surface area contributed by atoms with Gasteiger partial charge in [0.25, 0.3) is 5.91 Å². The van der Waals surface area contributed by atoms with E-state index in [1.165, 1.54) is 6.20 Å². The van der Waals surface area contributed by atoms with E-state index in [-0.39, 0.29) is 19.0 Å². The van der Waals surface area contributed by atoms with Crippen molar-refractivity contribution >= 4 is 21.8 Å². The zero-order valence-electron chi connectivity index (χ0n) is 8.22. The third-order valence-corrected chi connectivity index (χ3v) is 2.25. The van der Waals surface area contributed by atoms with Crippen LogP contribution in [0.4, 0.5) is 0 Å². The Balaban J connectivity index is 2.87. The normalized spacial score (nSPS) is 8.94. The van der Waals surface area contributed by atoms with Gasteiger partial charge in [-0.05, 0) is 28.1 Å². The number of carbonyl (C=O) groups is 1. The molecule has 1 rings (SSSR count). The number of hydrogen-bond acceptors (Lipinski definition) is 4. The SMILES string of the molecule is N#CCN(CC#N)C(=O)c1ccc(Br)nc1. The first-order valence-corrected chi connectivity index (χ1v) is 5.13. The summed E-state index contributed by atoms with van der Waals surface area (Å²) in [5, 5.41) is 17.1. The Morgan fingerprint density at radius 1 is 1.38 bits per heavy atom. The third kappa shape index (κ3) is 3.04. The molecule has 1 amide bonds. The maximum absolute atomic E-state index is 11.8. The highest BCUT2D eigenvalue weighted by molar-refractivity contribution is 9.10. The molecule has 0 unspecified atom stereocenters. The van der Waals surface area contributed by atoms with Gasteiger partial charge < -0.3 is 4.90 Å². The van der Waals surface area contributed by atoms with Crippen molar-refractivity contribution in [2.45, 2.75) is 0 Å². The summed E-state index contributed by atoms with van der Waals surface area (Å²) < 4.78 is 0.621. The number of aromatic nitrogens is 1. The third-order valence-electron chi connectivity index (χ3n) is 1.78. The van der Waals surface area contributed by atoms with Crippen LogP contribution < -0.4 is 0 Å². The van der Waals surface area contributed by atoms with Crippen molar-refractivity contribution in [3.05, 3.63) is 28.5 Å². The van der Waals surface area contributed by atoms with Crippen LogP contribution in [0.25, 0.3) is 0 Å². The lowest BCUT2D eigenvalue weighted by molar-refractivity contribution is 0.0794. The van der Waals surface area contributed by atoms with Crippen LogP contribution in [0.5, 0.6) is 0 Å². The lowest BCUT2D eigenvalue weighted by Crippen LogP contribution is -2.31. The van der Waals surface area contributed by atoms with E-state index in [2.05, 4.69) is 20.9 Å².